The van der Waals surface area contributed by atoms with E-state index in [9.17, 15) is 14.7 Å². The van der Waals surface area contributed by atoms with Gasteiger partial charge >= 0.3 is 5.97 Å². The summed E-state index contributed by atoms with van der Waals surface area (Å²) >= 11 is 0. The molecule has 21 heavy (non-hydrogen) atoms. The Hall–Kier alpha value is -2.37. The molecular formula is C15H19N3O3. The summed E-state index contributed by atoms with van der Waals surface area (Å²) in [4.78, 5) is 29.4. The number of hydrogen-bond acceptors (Lipinski definition) is 3. The van der Waals surface area contributed by atoms with Crippen molar-refractivity contribution >= 4 is 17.5 Å². The summed E-state index contributed by atoms with van der Waals surface area (Å²) in [6.07, 6.45) is 3.73. The number of imidazole rings is 1. The fraction of sp³-hybridized carbons (Fsp3) is 0.400. The molecule has 1 N–H and O–H groups in total. The zero-order valence-electron chi connectivity index (χ0n) is 12.4. The number of fused-ring (bicyclic) bond motifs is 1. The number of amides is 1. The third kappa shape index (κ3) is 2.89. The van der Waals surface area contributed by atoms with E-state index in [0.29, 0.717) is 12.2 Å². The molecule has 0 saturated carbocycles. The monoisotopic (exact) mass is 289 g/mol. The Labute approximate surface area is 123 Å². The molecule has 0 atom stereocenters. The van der Waals surface area contributed by atoms with Crippen molar-refractivity contribution in [2.45, 2.75) is 32.7 Å². The second-order valence-corrected chi connectivity index (χ2v) is 5.38. The molecule has 0 aliphatic heterocycles. The van der Waals surface area contributed by atoms with Gasteiger partial charge in [-0.3, -0.25) is 4.79 Å². The molecule has 2 heterocycles. The van der Waals surface area contributed by atoms with Gasteiger partial charge in [-0.25, -0.2) is 9.78 Å². The number of hydrogen-bond donors (Lipinski definition) is 1. The van der Waals surface area contributed by atoms with E-state index in [1.54, 1.807) is 13.1 Å². The second-order valence-electron chi connectivity index (χ2n) is 5.38. The van der Waals surface area contributed by atoms with Crippen molar-refractivity contribution in [1.29, 1.82) is 0 Å². The SMILES string of the molecule is CCN(C(=O)Cc1cn2ccccc2n1)C(C)(C)C(=O)O. The zero-order valence-corrected chi connectivity index (χ0v) is 12.4. The molecule has 0 unspecified atom stereocenters. The molecule has 0 spiro atoms. The molecule has 112 valence electrons. The lowest BCUT2D eigenvalue weighted by atomic mass is 10.0. The van der Waals surface area contributed by atoms with Crippen LogP contribution in [0.15, 0.2) is 30.6 Å². The maximum atomic E-state index is 12.4. The van der Waals surface area contributed by atoms with Crippen LogP contribution in [0.4, 0.5) is 0 Å². The number of likely N-dealkylation sites (N-methyl/N-ethyl adjacent to an activating group) is 1. The highest BCUT2D eigenvalue weighted by Crippen LogP contribution is 2.16. The van der Waals surface area contributed by atoms with Gasteiger partial charge in [0.25, 0.3) is 0 Å². The van der Waals surface area contributed by atoms with Gasteiger partial charge in [-0.15, -0.1) is 0 Å². The Kier molecular flexibility index (Phi) is 3.97. The van der Waals surface area contributed by atoms with Crippen LogP contribution in [-0.4, -0.2) is 43.4 Å². The van der Waals surface area contributed by atoms with Gasteiger partial charge in [-0.2, -0.15) is 0 Å². The fourth-order valence-electron chi connectivity index (χ4n) is 2.32. The largest absolute Gasteiger partial charge is 0.480 e. The maximum absolute atomic E-state index is 12.4. The predicted molar refractivity (Wildman–Crippen MR) is 78.0 cm³/mol. The molecule has 0 aliphatic carbocycles. The Bertz CT molecular complexity index is 643. The predicted octanol–water partition coefficient (Wildman–Crippen LogP) is 1.59. The van der Waals surface area contributed by atoms with Crippen LogP contribution in [0.1, 0.15) is 26.5 Å². The lowest BCUT2D eigenvalue weighted by Gasteiger charge is -2.34. The third-order valence-electron chi connectivity index (χ3n) is 3.56. The van der Waals surface area contributed by atoms with Gasteiger partial charge in [0.15, 0.2) is 0 Å². The molecule has 0 radical (unpaired) electrons. The lowest BCUT2D eigenvalue weighted by molar-refractivity contribution is -0.156. The molecule has 0 aromatic carbocycles. The molecule has 2 aromatic heterocycles. The van der Waals surface area contributed by atoms with Crippen molar-refractivity contribution in [3.63, 3.8) is 0 Å². The fourth-order valence-corrected chi connectivity index (χ4v) is 2.32. The van der Waals surface area contributed by atoms with Crippen LogP contribution in [-0.2, 0) is 16.0 Å². The summed E-state index contributed by atoms with van der Waals surface area (Å²) in [5.74, 6) is -1.26. The quantitative estimate of drug-likeness (QED) is 0.907. The Morgan fingerprint density at radius 2 is 2.10 bits per heavy atom. The number of rotatable bonds is 5. The minimum absolute atomic E-state index is 0.0895. The number of carboxylic acids is 1. The summed E-state index contributed by atoms with van der Waals surface area (Å²) in [6, 6.07) is 5.61. The first kappa shape index (κ1) is 15.0. The van der Waals surface area contributed by atoms with E-state index in [2.05, 4.69) is 4.98 Å². The van der Waals surface area contributed by atoms with E-state index >= 15 is 0 Å². The van der Waals surface area contributed by atoms with E-state index in [0.717, 1.165) is 5.65 Å². The van der Waals surface area contributed by atoms with E-state index in [-0.39, 0.29) is 12.3 Å². The first-order valence-corrected chi connectivity index (χ1v) is 6.82. The summed E-state index contributed by atoms with van der Waals surface area (Å²) < 4.78 is 1.83. The summed E-state index contributed by atoms with van der Waals surface area (Å²) in [7, 11) is 0. The van der Waals surface area contributed by atoms with Crippen molar-refractivity contribution in [2.75, 3.05) is 6.54 Å². The smallest absolute Gasteiger partial charge is 0.329 e. The molecule has 0 saturated heterocycles. The van der Waals surface area contributed by atoms with Crippen LogP contribution >= 0.6 is 0 Å². The van der Waals surface area contributed by atoms with Gasteiger partial charge in [0.1, 0.15) is 11.2 Å². The number of pyridine rings is 1. The number of aromatic nitrogens is 2. The average Bonchev–Trinajstić information content (AvgIpc) is 2.80. The van der Waals surface area contributed by atoms with Crippen LogP contribution in [0.25, 0.3) is 5.65 Å². The highest BCUT2D eigenvalue weighted by molar-refractivity contribution is 5.87. The first-order valence-electron chi connectivity index (χ1n) is 6.82. The van der Waals surface area contributed by atoms with E-state index < -0.39 is 11.5 Å². The molecule has 0 aliphatic rings. The van der Waals surface area contributed by atoms with Crippen molar-refractivity contribution < 1.29 is 14.7 Å². The molecule has 0 bridgehead atoms. The topological polar surface area (TPSA) is 74.9 Å². The average molecular weight is 289 g/mol. The van der Waals surface area contributed by atoms with Crippen LogP contribution in [0.2, 0.25) is 0 Å². The highest BCUT2D eigenvalue weighted by atomic mass is 16.4. The molecular weight excluding hydrogens is 270 g/mol. The lowest BCUT2D eigenvalue weighted by Crippen LogP contribution is -2.53. The molecule has 0 fully saturated rings. The number of aliphatic carboxylic acids is 1. The Morgan fingerprint density at radius 3 is 2.67 bits per heavy atom. The van der Waals surface area contributed by atoms with Gasteiger partial charge in [0.2, 0.25) is 5.91 Å². The number of carbonyl (C=O) groups is 2. The van der Waals surface area contributed by atoms with Crippen molar-refractivity contribution in [1.82, 2.24) is 14.3 Å². The molecule has 2 aromatic rings. The van der Waals surface area contributed by atoms with Crippen molar-refractivity contribution in [3.8, 4) is 0 Å². The van der Waals surface area contributed by atoms with E-state index in [1.165, 1.54) is 18.7 Å². The van der Waals surface area contributed by atoms with Crippen LogP contribution < -0.4 is 0 Å². The molecule has 6 heteroatoms. The zero-order chi connectivity index (χ0) is 15.6. The summed E-state index contributed by atoms with van der Waals surface area (Å²) in [5.41, 5.74) is 0.164. The highest BCUT2D eigenvalue weighted by Gasteiger charge is 2.36. The summed E-state index contributed by atoms with van der Waals surface area (Å²) in [5, 5.41) is 9.26. The molecule has 2 rings (SSSR count). The Morgan fingerprint density at radius 1 is 1.38 bits per heavy atom. The molecule has 1 amide bonds. The first-order chi connectivity index (χ1) is 9.86. The van der Waals surface area contributed by atoms with E-state index in [4.69, 9.17) is 0 Å². The van der Waals surface area contributed by atoms with Crippen LogP contribution in [0, 0.1) is 0 Å². The van der Waals surface area contributed by atoms with Crippen LogP contribution in [0.3, 0.4) is 0 Å². The van der Waals surface area contributed by atoms with E-state index in [1.807, 2.05) is 28.8 Å². The van der Waals surface area contributed by atoms with Gasteiger partial charge < -0.3 is 14.4 Å². The van der Waals surface area contributed by atoms with Crippen molar-refractivity contribution in [3.05, 3.63) is 36.3 Å². The minimum atomic E-state index is -1.23. The third-order valence-corrected chi connectivity index (χ3v) is 3.56. The second kappa shape index (κ2) is 5.55. The normalized spacial score (nSPS) is 11.6. The number of carboxylic acid groups (broad SMARTS) is 1. The Balaban J connectivity index is 2.21. The number of nitrogens with zero attached hydrogens (tertiary/aromatic N) is 3. The van der Waals surface area contributed by atoms with Crippen molar-refractivity contribution in [2.24, 2.45) is 0 Å². The molecule has 6 nitrogen and oxygen atoms in total. The number of carbonyl (C=O) groups excluding carboxylic acids is 1. The van der Waals surface area contributed by atoms with Gasteiger partial charge in [0.05, 0.1) is 12.1 Å². The minimum Gasteiger partial charge on any atom is -0.480 e. The maximum Gasteiger partial charge on any atom is 0.329 e. The van der Waals surface area contributed by atoms with Gasteiger partial charge in [-0.1, -0.05) is 6.07 Å². The summed E-state index contributed by atoms with van der Waals surface area (Å²) in [6.45, 7) is 5.17. The van der Waals surface area contributed by atoms with Crippen LogP contribution in [0.5, 0.6) is 0 Å². The van der Waals surface area contributed by atoms with Gasteiger partial charge in [-0.05, 0) is 32.9 Å². The van der Waals surface area contributed by atoms with Gasteiger partial charge in [0, 0.05) is 18.9 Å². The standard InChI is InChI=1S/C15H19N3O3/c1-4-18(15(2,3)14(20)21)13(19)9-11-10-17-8-6-5-7-12(17)16-11/h5-8,10H,4,9H2,1-3H3,(H,20,21).